The lowest BCUT2D eigenvalue weighted by atomic mass is 9.81. The molecule has 0 bridgehead atoms. The Labute approximate surface area is 135 Å². The van der Waals surface area contributed by atoms with Crippen molar-refractivity contribution in [3.8, 4) is 11.8 Å². The first-order valence-electron chi connectivity index (χ1n) is 7.29. The van der Waals surface area contributed by atoms with Crippen LogP contribution in [0.2, 0.25) is 0 Å². The van der Waals surface area contributed by atoms with Crippen molar-refractivity contribution in [3.63, 3.8) is 0 Å². The second kappa shape index (κ2) is 5.98. The maximum Gasteiger partial charge on any atom is 0.151 e. The van der Waals surface area contributed by atoms with Gasteiger partial charge in [-0.05, 0) is 59.4 Å². The Morgan fingerprint density at radius 3 is 2.82 bits per heavy atom. The van der Waals surface area contributed by atoms with Gasteiger partial charge < -0.3 is 0 Å². The number of nitrogens with zero attached hydrogens (tertiary/aromatic N) is 1. The zero-order valence-electron chi connectivity index (χ0n) is 12.7. The van der Waals surface area contributed by atoms with Crippen LogP contribution in [0.15, 0.2) is 41.4 Å². The molecule has 0 radical (unpaired) electrons. The molecule has 0 amide bonds. The minimum Gasteiger partial charge on any atom is -0.298 e. The first kappa shape index (κ1) is 14.9. The van der Waals surface area contributed by atoms with Crippen LogP contribution in [0.4, 0.5) is 0 Å². The summed E-state index contributed by atoms with van der Waals surface area (Å²) in [5, 5.41) is 0. The van der Waals surface area contributed by atoms with E-state index in [2.05, 4.69) is 48.9 Å². The van der Waals surface area contributed by atoms with E-state index in [-0.39, 0.29) is 5.41 Å². The van der Waals surface area contributed by atoms with Crippen molar-refractivity contribution in [2.45, 2.75) is 30.6 Å². The van der Waals surface area contributed by atoms with Crippen LogP contribution in [0.5, 0.6) is 0 Å². The van der Waals surface area contributed by atoms with Gasteiger partial charge in [0.15, 0.2) is 6.29 Å². The van der Waals surface area contributed by atoms with Crippen LogP contribution in [-0.4, -0.2) is 17.0 Å². The van der Waals surface area contributed by atoms with Gasteiger partial charge in [0.1, 0.15) is 5.69 Å². The molecule has 0 N–H and O–H groups in total. The summed E-state index contributed by atoms with van der Waals surface area (Å²) in [7, 11) is 0. The molecule has 1 aromatic heterocycles. The molecular weight excluding hydrogens is 290 g/mol. The van der Waals surface area contributed by atoms with Crippen LogP contribution in [0.3, 0.4) is 0 Å². The molecule has 1 aromatic carbocycles. The standard InChI is InChI=1S/C19H17NOS/c1-19(2)9-10-22-18-8-5-14(11-17(18)19)3-6-16-7-4-15(13-21)12-20-16/h4-5,7-8,11-13H,9-10H2,1-2H3. The summed E-state index contributed by atoms with van der Waals surface area (Å²) < 4.78 is 0. The highest BCUT2D eigenvalue weighted by atomic mass is 32.2. The number of hydrogen-bond acceptors (Lipinski definition) is 3. The quantitative estimate of drug-likeness (QED) is 0.587. The lowest BCUT2D eigenvalue weighted by Gasteiger charge is -2.32. The van der Waals surface area contributed by atoms with Crippen molar-refractivity contribution >= 4 is 18.0 Å². The molecule has 0 atom stereocenters. The van der Waals surface area contributed by atoms with Gasteiger partial charge in [-0.15, -0.1) is 11.8 Å². The lowest BCUT2D eigenvalue weighted by molar-refractivity contribution is 0.112. The van der Waals surface area contributed by atoms with Crippen LogP contribution in [0, 0.1) is 11.8 Å². The Morgan fingerprint density at radius 1 is 1.23 bits per heavy atom. The van der Waals surface area contributed by atoms with Gasteiger partial charge in [-0.1, -0.05) is 19.8 Å². The summed E-state index contributed by atoms with van der Waals surface area (Å²) in [6.07, 6.45) is 3.52. The largest absolute Gasteiger partial charge is 0.298 e. The highest BCUT2D eigenvalue weighted by Crippen LogP contribution is 2.41. The van der Waals surface area contributed by atoms with Crippen molar-refractivity contribution in [1.82, 2.24) is 4.98 Å². The smallest absolute Gasteiger partial charge is 0.151 e. The van der Waals surface area contributed by atoms with E-state index >= 15 is 0 Å². The van der Waals surface area contributed by atoms with Gasteiger partial charge in [0, 0.05) is 22.2 Å². The number of thioether (sulfide) groups is 1. The van der Waals surface area contributed by atoms with Gasteiger partial charge in [-0.2, -0.15) is 0 Å². The Kier molecular flexibility index (Phi) is 4.04. The number of aromatic nitrogens is 1. The van der Waals surface area contributed by atoms with Crippen molar-refractivity contribution in [2.24, 2.45) is 0 Å². The summed E-state index contributed by atoms with van der Waals surface area (Å²) in [5.41, 5.74) is 3.85. The minimum atomic E-state index is 0.210. The third-order valence-corrected chi connectivity index (χ3v) is 5.03. The molecule has 2 aromatic rings. The number of hydrogen-bond donors (Lipinski definition) is 0. The first-order valence-corrected chi connectivity index (χ1v) is 8.28. The molecule has 2 nitrogen and oxygen atoms in total. The fourth-order valence-corrected chi connectivity index (χ4v) is 3.99. The fraction of sp³-hybridized carbons (Fsp3) is 0.263. The van der Waals surface area contributed by atoms with Crippen molar-refractivity contribution in [1.29, 1.82) is 0 Å². The maximum absolute atomic E-state index is 10.6. The van der Waals surface area contributed by atoms with Crippen LogP contribution in [-0.2, 0) is 5.41 Å². The molecule has 0 aliphatic carbocycles. The Balaban J connectivity index is 1.90. The monoisotopic (exact) mass is 307 g/mol. The average Bonchev–Trinajstić information content (AvgIpc) is 2.53. The summed E-state index contributed by atoms with van der Waals surface area (Å²) in [5.74, 6) is 7.42. The highest BCUT2D eigenvalue weighted by molar-refractivity contribution is 7.99. The van der Waals surface area contributed by atoms with Gasteiger partial charge >= 0.3 is 0 Å². The second-order valence-electron chi connectivity index (χ2n) is 6.04. The summed E-state index contributed by atoms with van der Waals surface area (Å²) in [4.78, 5) is 16.2. The number of carbonyl (C=O) groups is 1. The number of aldehydes is 1. The minimum absolute atomic E-state index is 0.210. The predicted molar refractivity (Wildman–Crippen MR) is 90.4 cm³/mol. The highest BCUT2D eigenvalue weighted by Gasteiger charge is 2.27. The second-order valence-corrected chi connectivity index (χ2v) is 7.17. The summed E-state index contributed by atoms with van der Waals surface area (Å²) in [6.45, 7) is 4.59. The third kappa shape index (κ3) is 3.08. The Bertz CT molecular complexity index is 766. The number of pyridine rings is 1. The molecule has 0 fully saturated rings. The van der Waals surface area contributed by atoms with E-state index in [1.807, 2.05) is 11.8 Å². The average molecular weight is 307 g/mol. The topological polar surface area (TPSA) is 30.0 Å². The molecule has 0 saturated carbocycles. The van der Waals surface area contributed by atoms with Gasteiger partial charge in [0.05, 0.1) is 0 Å². The lowest BCUT2D eigenvalue weighted by Crippen LogP contribution is -2.22. The summed E-state index contributed by atoms with van der Waals surface area (Å²) in [6, 6.07) is 9.95. The number of fused-ring (bicyclic) bond motifs is 1. The SMILES string of the molecule is CC1(C)CCSc2ccc(C#Cc3ccc(C=O)cn3)cc21. The first-order chi connectivity index (χ1) is 10.6. The number of carbonyl (C=O) groups excluding carboxylic acids is 1. The molecule has 110 valence electrons. The van der Waals surface area contributed by atoms with E-state index in [0.29, 0.717) is 11.3 Å². The molecule has 0 spiro atoms. The Hall–Kier alpha value is -2.05. The zero-order valence-corrected chi connectivity index (χ0v) is 13.5. The molecule has 0 saturated heterocycles. The van der Waals surface area contributed by atoms with Gasteiger partial charge in [-0.25, -0.2) is 4.98 Å². The molecule has 3 heteroatoms. The van der Waals surface area contributed by atoms with E-state index in [0.717, 1.165) is 11.8 Å². The summed E-state index contributed by atoms with van der Waals surface area (Å²) >= 11 is 1.92. The van der Waals surface area contributed by atoms with Crippen molar-refractivity contribution in [2.75, 3.05) is 5.75 Å². The van der Waals surface area contributed by atoms with E-state index in [9.17, 15) is 4.79 Å². The fourth-order valence-electron chi connectivity index (χ4n) is 2.50. The third-order valence-electron chi connectivity index (χ3n) is 3.95. The zero-order chi connectivity index (χ0) is 15.6. The maximum atomic E-state index is 10.6. The van der Waals surface area contributed by atoms with Gasteiger partial charge in [0.2, 0.25) is 0 Å². The van der Waals surface area contributed by atoms with E-state index in [4.69, 9.17) is 0 Å². The van der Waals surface area contributed by atoms with Crippen LogP contribution in [0.25, 0.3) is 0 Å². The van der Waals surface area contributed by atoms with Crippen LogP contribution in [0.1, 0.15) is 47.4 Å². The van der Waals surface area contributed by atoms with E-state index in [1.165, 1.54) is 22.6 Å². The van der Waals surface area contributed by atoms with Crippen molar-refractivity contribution < 1.29 is 4.79 Å². The molecule has 1 aliphatic heterocycles. The van der Waals surface area contributed by atoms with Crippen LogP contribution < -0.4 is 0 Å². The molecule has 1 aliphatic rings. The normalized spacial score (nSPS) is 15.4. The van der Waals surface area contributed by atoms with Gasteiger partial charge in [0.25, 0.3) is 0 Å². The van der Waals surface area contributed by atoms with E-state index < -0.39 is 0 Å². The number of benzene rings is 1. The number of rotatable bonds is 1. The molecule has 2 heterocycles. The van der Waals surface area contributed by atoms with Crippen molar-refractivity contribution in [3.05, 3.63) is 58.9 Å². The molecule has 3 rings (SSSR count). The van der Waals surface area contributed by atoms with E-state index in [1.54, 1.807) is 18.3 Å². The predicted octanol–water partition coefficient (Wildman–Crippen LogP) is 4.07. The Morgan fingerprint density at radius 2 is 2.09 bits per heavy atom. The molecular formula is C19H17NOS. The van der Waals surface area contributed by atoms with Gasteiger partial charge in [-0.3, -0.25) is 4.79 Å². The molecule has 0 unspecified atom stereocenters. The molecule has 22 heavy (non-hydrogen) atoms. The van der Waals surface area contributed by atoms with Crippen LogP contribution >= 0.6 is 11.8 Å².